The number of unbranched alkanes of at least 4 members (excludes halogenated alkanes) is 3. The maximum absolute atomic E-state index is 5.46. The first-order valence-electron chi connectivity index (χ1n) is 12.0. The van der Waals surface area contributed by atoms with Gasteiger partial charge in [0, 0.05) is 22.8 Å². The summed E-state index contributed by atoms with van der Waals surface area (Å²) in [6.07, 6.45) is 11.7. The van der Waals surface area contributed by atoms with Gasteiger partial charge in [-0.15, -0.1) is 11.3 Å². The predicted octanol–water partition coefficient (Wildman–Crippen LogP) is 6.77. The van der Waals surface area contributed by atoms with Crippen LogP contribution in [-0.4, -0.2) is 37.7 Å². The monoisotopic (exact) mass is 427 g/mol. The molecule has 0 amide bonds. The third-order valence-electron chi connectivity index (χ3n) is 6.46. The summed E-state index contributed by atoms with van der Waals surface area (Å²) in [5, 5.41) is 0. The summed E-state index contributed by atoms with van der Waals surface area (Å²) >= 11 is 2.05. The van der Waals surface area contributed by atoms with Crippen LogP contribution in [0.15, 0.2) is 42.5 Å². The highest BCUT2D eigenvalue weighted by Gasteiger charge is 2.20. The molecule has 1 aliphatic rings. The van der Waals surface area contributed by atoms with Crippen LogP contribution >= 0.6 is 11.3 Å². The van der Waals surface area contributed by atoms with Crippen LogP contribution in [0.2, 0.25) is 0 Å². The molecule has 1 aromatic heterocycles. The lowest BCUT2D eigenvalue weighted by molar-refractivity contribution is 0.0323. The highest BCUT2D eigenvalue weighted by molar-refractivity contribution is 7.11. The normalized spacial score (nSPS) is 15.5. The summed E-state index contributed by atoms with van der Waals surface area (Å²) in [5.74, 6) is 0. The molecule has 30 heavy (non-hydrogen) atoms. The molecule has 0 radical (unpaired) electrons. The first-order chi connectivity index (χ1) is 14.6. The van der Waals surface area contributed by atoms with Crippen molar-refractivity contribution in [2.45, 2.75) is 71.6 Å². The molecule has 2 aromatic rings. The number of thiophene rings is 1. The van der Waals surface area contributed by atoms with Gasteiger partial charge in [0.1, 0.15) is 0 Å². The van der Waals surface area contributed by atoms with Gasteiger partial charge in [0.25, 0.3) is 0 Å². The Morgan fingerprint density at radius 3 is 2.20 bits per heavy atom. The van der Waals surface area contributed by atoms with Gasteiger partial charge in [-0.05, 0) is 74.6 Å². The third-order valence-corrected chi connectivity index (χ3v) is 7.66. The van der Waals surface area contributed by atoms with Crippen molar-refractivity contribution in [3.05, 3.63) is 57.8 Å². The quantitative estimate of drug-likeness (QED) is 0.327. The first kappa shape index (κ1) is 23.5. The Kier molecular flexibility index (Phi) is 9.90. The number of nitrogens with zero attached hydrogens (tertiary/aromatic N) is 1. The van der Waals surface area contributed by atoms with Gasteiger partial charge in [0.15, 0.2) is 0 Å². The van der Waals surface area contributed by atoms with Crippen molar-refractivity contribution in [3.63, 3.8) is 0 Å². The molecule has 0 saturated carbocycles. The minimum absolute atomic E-state index is 0.418. The highest BCUT2D eigenvalue weighted by atomic mass is 32.1. The van der Waals surface area contributed by atoms with Crippen LogP contribution < -0.4 is 0 Å². The second-order valence-corrected chi connectivity index (χ2v) is 10.9. The number of hydrogen-bond donors (Lipinski definition) is 0. The predicted molar refractivity (Wildman–Crippen MR) is 131 cm³/mol. The summed E-state index contributed by atoms with van der Waals surface area (Å²) in [7, 11) is 0. The Hall–Kier alpha value is -1.16. The average Bonchev–Trinajstić information content (AvgIpc) is 3.23. The lowest BCUT2D eigenvalue weighted by atomic mass is 9.84. The molecule has 0 unspecified atom stereocenters. The maximum atomic E-state index is 5.46. The largest absolute Gasteiger partial charge is 0.379 e. The SMILES string of the molecule is CC(C)(CCc1ccc(CCCCCCc2ccccc2)s1)CCN1CCOCC1. The van der Waals surface area contributed by atoms with Gasteiger partial charge >= 0.3 is 0 Å². The average molecular weight is 428 g/mol. The molecule has 166 valence electrons. The van der Waals surface area contributed by atoms with Crippen molar-refractivity contribution in [1.29, 1.82) is 0 Å². The highest BCUT2D eigenvalue weighted by Crippen LogP contribution is 2.30. The van der Waals surface area contributed by atoms with E-state index >= 15 is 0 Å². The molecular formula is C27H41NOS. The van der Waals surface area contributed by atoms with E-state index in [1.54, 1.807) is 9.75 Å². The van der Waals surface area contributed by atoms with Crippen LogP contribution in [0, 0.1) is 5.41 Å². The summed E-state index contributed by atoms with van der Waals surface area (Å²) in [5.41, 5.74) is 1.90. The van der Waals surface area contributed by atoms with Crippen LogP contribution in [0.3, 0.4) is 0 Å². The van der Waals surface area contributed by atoms with Crippen molar-refractivity contribution in [2.24, 2.45) is 5.41 Å². The maximum Gasteiger partial charge on any atom is 0.0594 e. The summed E-state index contributed by atoms with van der Waals surface area (Å²) in [4.78, 5) is 5.72. The van der Waals surface area contributed by atoms with Gasteiger partial charge in [-0.2, -0.15) is 0 Å². The first-order valence-corrected chi connectivity index (χ1v) is 12.8. The minimum atomic E-state index is 0.418. The van der Waals surface area contributed by atoms with E-state index in [0.29, 0.717) is 5.41 Å². The Labute approximate surface area is 188 Å². The molecule has 1 aromatic carbocycles. The van der Waals surface area contributed by atoms with Gasteiger partial charge in [0.05, 0.1) is 13.2 Å². The standard InChI is InChI=1S/C27H41NOS/c1-27(2,18-19-28-20-22-29-23-21-28)17-16-26-15-14-25(30-26)13-9-4-3-6-10-24-11-7-5-8-12-24/h5,7-8,11-12,14-15H,3-4,6,9-10,13,16-23H2,1-2H3. The lowest BCUT2D eigenvalue weighted by Crippen LogP contribution is -2.38. The zero-order chi connectivity index (χ0) is 21.1. The fourth-order valence-electron chi connectivity index (χ4n) is 4.19. The fraction of sp³-hybridized carbons (Fsp3) is 0.630. The van der Waals surface area contributed by atoms with Gasteiger partial charge < -0.3 is 4.74 Å². The molecule has 1 fully saturated rings. The topological polar surface area (TPSA) is 12.5 Å². The second kappa shape index (κ2) is 12.6. The van der Waals surface area contributed by atoms with Gasteiger partial charge in [0.2, 0.25) is 0 Å². The van der Waals surface area contributed by atoms with Crippen molar-refractivity contribution < 1.29 is 4.74 Å². The Bertz CT molecular complexity index is 703. The number of hydrogen-bond acceptors (Lipinski definition) is 3. The van der Waals surface area contributed by atoms with Gasteiger partial charge in [-0.25, -0.2) is 0 Å². The Morgan fingerprint density at radius 2 is 1.47 bits per heavy atom. The van der Waals surface area contributed by atoms with Crippen molar-refractivity contribution in [3.8, 4) is 0 Å². The van der Waals surface area contributed by atoms with Crippen molar-refractivity contribution >= 4 is 11.3 Å². The van der Waals surface area contributed by atoms with Crippen LogP contribution in [0.1, 0.15) is 67.7 Å². The fourth-order valence-corrected chi connectivity index (χ4v) is 5.25. The smallest absolute Gasteiger partial charge is 0.0594 e. The van der Waals surface area contributed by atoms with Gasteiger partial charge in [-0.3, -0.25) is 4.90 Å². The molecule has 0 N–H and O–H groups in total. The van der Waals surface area contributed by atoms with E-state index in [1.807, 2.05) is 0 Å². The molecule has 3 rings (SSSR count). The number of ether oxygens (including phenoxy) is 1. The van der Waals surface area contributed by atoms with Crippen LogP contribution in [0.25, 0.3) is 0 Å². The molecule has 1 saturated heterocycles. The molecule has 0 spiro atoms. The molecule has 2 nitrogen and oxygen atoms in total. The second-order valence-electron chi connectivity index (χ2n) is 9.64. The van der Waals surface area contributed by atoms with E-state index in [2.05, 4.69) is 72.5 Å². The summed E-state index contributed by atoms with van der Waals surface area (Å²) < 4.78 is 5.46. The Balaban J connectivity index is 1.26. The number of benzene rings is 1. The number of morpholine rings is 1. The van der Waals surface area contributed by atoms with Crippen molar-refractivity contribution in [1.82, 2.24) is 4.90 Å². The minimum Gasteiger partial charge on any atom is -0.379 e. The molecule has 0 atom stereocenters. The summed E-state index contributed by atoms with van der Waals surface area (Å²) in [6.45, 7) is 10.1. The number of aryl methyl sites for hydroxylation is 3. The van der Waals surface area contributed by atoms with E-state index in [1.165, 1.54) is 69.9 Å². The van der Waals surface area contributed by atoms with E-state index < -0.39 is 0 Å². The van der Waals surface area contributed by atoms with E-state index in [4.69, 9.17) is 4.74 Å². The Morgan fingerprint density at radius 1 is 0.800 bits per heavy atom. The van der Waals surface area contributed by atoms with Crippen LogP contribution in [0.5, 0.6) is 0 Å². The van der Waals surface area contributed by atoms with Gasteiger partial charge in [-0.1, -0.05) is 57.0 Å². The zero-order valence-electron chi connectivity index (χ0n) is 19.2. The molecular weight excluding hydrogens is 386 g/mol. The molecule has 3 heteroatoms. The van der Waals surface area contributed by atoms with Crippen LogP contribution in [0.4, 0.5) is 0 Å². The van der Waals surface area contributed by atoms with Crippen LogP contribution in [-0.2, 0) is 24.0 Å². The zero-order valence-corrected chi connectivity index (χ0v) is 20.0. The molecule has 0 aliphatic carbocycles. The lowest BCUT2D eigenvalue weighted by Gasteiger charge is -2.31. The molecule has 0 bridgehead atoms. The molecule has 1 aliphatic heterocycles. The molecule has 2 heterocycles. The van der Waals surface area contributed by atoms with Crippen molar-refractivity contribution in [2.75, 3.05) is 32.8 Å². The summed E-state index contributed by atoms with van der Waals surface area (Å²) in [6, 6.07) is 15.7. The number of rotatable bonds is 13. The van der Waals surface area contributed by atoms with E-state index in [9.17, 15) is 0 Å². The third kappa shape index (κ3) is 8.91. The van der Waals surface area contributed by atoms with E-state index in [-0.39, 0.29) is 0 Å². The van der Waals surface area contributed by atoms with E-state index in [0.717, 1.165) is 26.3 Å².